The summed E-state index contributed by atoms with van der Waals surface area (Å²) in [5, 5.41) is 8.23. The molecule has 0 saturated carbocycles. The van der Waals surface area contributed by atoms with Crippen LogP contribution in [-0.4, -0.2) is 21.2 Å². The van der Waals surface area contributed by atoms with E-state index in [1.807, 2.05) is 0 Å². The molecule has 4 heteroatoms. The van der Waals surface area contributed by atoms with Gasteiger partial charge in [-0.05, 0) is 13.8 Å². The van der Waals surface area contributed by atoms with Crippen LogP contribution in [-0.2, 0) is 0 Å². The standard InChI is InChI=1S/C4H8BrNO2/c1-3(2)6(5)4(7)8/h3H,1-2H3,(H,7,8). The molecule has 0 radical (unpaired) electrons. The molecule has 1 N–H and O–H groups in total. The van der Waals surface area contributed by atoms with E-state index in [-0.39, 0.29) is 6.04 Å². The second kappa shape index (κ2) is 2.91. The zero-order chi connectivity index (χ0) is 6.73. The van der Waals surface area contributed by atoms with Crippen LogP contribution in [0.3, 0.4) is 0 Å². The van der Waals surface area contributed by atoms with Crippen molar-refractivity contribution in [1.82, 2.24) is 3.93 Å². The van der Waals surface area contributed by atoms with Crippen molar-refractivity contribution >= 4 is 22.2 Å². The number of amides is 1. The molecular weight excluding hydrogens is 174 g/mol. The molecule has 0 aromatic carbocycles. The number of hydrogen-bond donors (Lipinski definition) is 1. The summed E-state index contributed by atoms with van der Waals surface area (Å²) in [4.78, 5) is 10.0. The van der Waals surface area contributed by atoms with E-state index in [1.165, 1.54) is 0 Å². The van der Waals surface area contributed by atoms with E-state index in [9.17, 15) is 4.79 Å². The summed E-state index contributed by atoms with van der Waals surface area (Å²) in [5.74, 6) is 0. The second-order valence-corrected chi connectivity index (χ2v) is 2.45. The number of halogens is 1. The Balaban J connectivity index is 3.64. The highest BCUT2D eigenvalue weighted by Gasteiger charge is 2.09. The summed E-state index contributed by atoms with van der Waals surface area (Å²) >= 11 is 2.84. The van der Waals surface area contributed by atoms with Crippen molar-refractivity contribution in [3.05, 3.63) is 0 Å². The number of carbonyl (C=O) groups is 1. The Kier molecular flexibility index (Phi) is 2.82. The first-order chi connectivity index (χ1) is 3.55. The maximum Gasteiger partial charge on any atom is 0.417 e. The molecule has 0 fully saturated rings. The highest BCUT2D eigenvalue weighted by atomic mass is 79.9. The summed E-state index contributed by atoms with van der Waals surface area (Å²) in [7, 11) is 0. The third-order valence-corrected chi connectivity index (χ3v) is 1.76. The average Bonchev–Trinajstić information content (AvgIpc) is 1.64. The van der Waals surface area contributed by atoms with E-state index in [2.05, 4.69) is 16.1 Å². The summed E-state index contributed by atoms with van der Waals surface area (Å²) < 4.78 is 1.06. The molecule has 0 aromatic heterocycles. The lowest BCUT2D eigenvalue weighted by molar-refractivity contribution is 0.171. The van der Waals surface area contributed by atoms with Crippen LogP contribution in [0.1, 0.15) is 13.8 Å². The van der Waals surface area contributed by atoms with E-state index in [1.54, 1.807) is 13.8 Å². The second-order valence-electron chi connectivity index (χ2n) is 1.69. The molecule has 0 rings (SSSR count). The van der Waals surface area contributed by atoms with Crippen molar-refractivity contribution in [3.8, 4) is 0 Å². The minimum Gasteiger partial charge on any atom is -0.464 e. The first-order valence-corrected chi connectivity index (χ1v) is 2.94. The zero-order valence-electron chi connectivity index (χ0n) is 4.76. The summed E-state index contributed by atoms with van der Waals surface area (Å²) in [6.07, 6.45) is -0.958. The number of hydrogen-bond acceptors (Lipinski definition) is 1. The third-order valence-electron chi connectivity index (χ3n) is 0.636. The van der Waals surface area contributed by atoms with Crippen LogP contribution >= 0.6 is 16.1 Å². The fraction of sp³-hybridized carbons (Fsp3) is 0.750. The number of nitrogens with zero attached hydrogens (tertiary/aromatic N) is 1. The van der Waals surface area contributed by atoms with Crippen molar-refractivity contribution < 1.29 is 9.90 Å². The molecular formula is C4H8BrNO2. The van der Waals surface area contributed by atoms with Gasteiger partial charge in [-0.25, -0.2) is 8.72 Å². The van der Waals surface area contributed by atoms with Gasteiger partial charge in [0.25, 0.3) is 0 Å². The van der Waals surface area contributed by atoms with E-state index >= 15 is 0 Å². The predicted molar refractivity (Wildman–Crippen MR) is 33.9 cm³/mol. The monoisotopic (exact) mass is 181 g/mol. The van der Waals surface area contributed by atoms with Gasteiger partial charge in [0, 0.05) is 6.04 Å². The lowest BCUT2D eigenvalue weighted by Gasteiger charge is -2.12. The molecule has 0 saturated heterocycles. The summed E-state index contributed by atoms with van der Waals surface area (Å²) in [5.41, 5.74) is 0. The molecule has 0 unspecified atom stereocenters. The van der Waals surface area contributed by atoms with E-state index < -0.39 is 6.09 Å². The Morgan fingerprint density at radius 2 is 2.12 bits per heavy atom. The van der Waals surface area contributed by atoms with Gasteiger partial charge in [0.1, 0.15) is 0 Å². The van der Waals surface area contributed by atoms with Gasteiger partial charge < -0.3 is 5.11 Å². The van der Waals surface area contributed by atoms with Crippen LogP contribution in [0.4, 0.5) is 4.79 Å². The van der Waals surface area contributed by atoms with Crippen LogP contribution in [0.15, 0.2) is 0 Å². The van der Waals surface area contributed by atoms with E-state index in [0.29, 0.717) is 0 Å². The van der Waals surface area contributed by atoms with Gasteiger partial charge in [0.05, 0.1) is 16.1 Å². The lowest BCUT2D eigenvalue weighted by Crippen LogP contribution is -2.25. The highest BCUT2D eigenvalue weighted by Crippen LogP contribution is 2.03. The van der Waals surface area contributed by atoms with Crippen LogP contribution < -0.4 is 0 Å². The Morgan fingerprint density at radius 3 is 2.12 bits per heavy atom. The van der Waals surface area contributed by atoms with Gasteiger partial charge >= 0.3 is 6.09 Å². The van der Waals surface area contributed by atoms with Gasteiger partial charge in [0.15, 0.2) is 0 Å². The molecule has 0 aliphatic rings. The molecule has 0 aromatic rings. The topological polar surface area (TPSA) is 40.5 Å². The smallest absolute Gasteiger partial charge is 0.417 e. The van der Waals surface area contributed by atoms with Crippen LogP contribution in [0.2, 0.25) is 0 Å². The molecule has 8 heavy (non-hydrogen) atoms. The summed E-state index contributed by atoms with van der Waals surface area (Å²) in [6, 6.07) is -0.00694. The fourth-order valence-corrected chi connectivity index (χ4v) is 0.221. The van der Waals surface area contributed by atoms with Gasteiger partial charge in [-0.3, -0.25) is 0 Å². The molecule has 0 bridgehead atoms. The molecule has 3 nitrogen and oxygen atoms in total. The minimum absolute atomic E-state index is 0.00694. The van der Waals surface area contributed by atoms with Crippen molar-refractivity contribution in [1.29, 1.82) is 0 Å². The molecule has 1 amide bonds. The molecule has 0 atom stereocenters. The first-order valence-electron chi connectivity index (χ1n) is 2.23. The van der Waals surface area contributed by atoms with Crippen molar-refractivity contribution in [2.45, 2.75) is 19.9 Å². The normalized spacial score (nSPS) is 9.50. The molecule has 0 aliphatic carbocycles. The predicted octanol–water partition coefficient (Wildman–Crippen LogP) is 1.68. The molecule has 0 spiro atoms. The van der Waals surface area contributed by atoms with Crippen LogP contribution in [0, 0.1) is 0 Å². The van der Waals surface area contributed by atoms with E-state index in [4.69, 9.17) is 5.11 Å². The number of rotatable bonds is 1. The zero-order valence-corrected chi connectivity index (χ0v) is 6.34. The van der Waals surface area contributed by atoms with Gasteiger partial charge in [-0.1, -0.05) is 0 Å². The van der Waals surface area contributed by atoms with Gasteiger partial charge in [0.2, 0.25) is 0 Å². The largest absolute Gasteiger partial charge is 0.464 e. The van der Waals surface area contributed by atoms with Gasteiger partial charge in [-0.2, -0.15) is 0 Å². The number of carboxylic acid groups (broad SMARTS) is 1. The SMILES string of the molecule is CC(C)N(Br)C(=O)O. The fourth-order valence-electron chi connectivity index (χ4n) is 0.221. The minimum atomic E-state index is -0.958. The Hall–Kier alpha value is -0.250. The quantitative estimate of drug-likeness (QED) is 0.626. The summed E-state index contributed by atoms with van der Waals surface area (Å²) in [6.45, 7) is 3.56. The third kappa shape index (κ3) is 2.16. The Labute approximate surface area is 56.6 Å². The Bertz CT molecular complexity index is 94.0. The van der Waals surface area contributed by atoms with Crippen LogP contribution in [0.5, 0.6) is 0 Å². The van der Waals surface area contributed by atoms with Gasteiger partial charge in [-0.15, -0.1) is 0 Å². The van der Waals surface area contributed by atoms with Crippen molar-refractivity contribution in [2.75, 3.05) is 0 Å². The first kappa shape index (κ1) is 7.75. The maximum atomic E-state index is 10.0. The highest BCUT2D eigenvalue weighted by molar-refractivity contribution is 9.07. The Morgan fingerprint density at radius 1 is 1.75 bits per heavy atom. The molecule has 48 valence electrons. The maximum absolute atomic E-state index is 10.0. The van der Waals surface area contributed by atoms with Crippen molar-refractivity contribution in [3.63, 3.8) is 0 Å². The van der Waals surface area contributed by atoms with Crippen LogP contribution in [0.25, 0.3) is 0 Å². The molecule has 0 heterocycles. The molecule has 0 aliphatic heterocycles. The van der Waals surface area contributed by atoms with E-state index in [0.717, 1.165) is 3.93 Å². The lowest BCUT2D eigenvalue weighted by atomic mass is 10.4. The average molecular weight is 182 g/mol. The van der Waals surface area contributed by atoms with Crippen molar-refractivity contribution in [2.24, 2.45) is 0 Å².